The molecule has 0 spiro atoms. The van der Waals surface area contributed by atoms with Gasteiger partial charge in [-0.3, -0.25) is 9.59 Å². The van der Waals surface area contributed by atoms with E-state index in [0.717, 1.165) is 11.3 Å². The lowest BCUT2D eigenvalue weighted by molar-refractivity contribution is -0.132. The van der Waals surface area contributed by atoms with Gasteiger partial charge in [0.1, 0.15) is 11.5 Å². The first-order valence-corrected chi connectivity index (χ1v) is 8.44. The Balaban J connectivity index is 1.88. The third-order valence-electron chi connectivity index (χ3n) is 3.77. The van der Waals surface area contributed by atoms with Crippen LogP contribution in [0.5, 0.6) is 11.5 Å². The predicted octanol–water partition coefficient (Wildman–Crippen LogP) is 2.48. The standard InChI is InChI=1S/C20H24N2O4/c1-4-25-17-10-8-15(9-11-17)13-22(3)19(23)14-26-18-7-5-6-16(12-18)20(24)21-2/h5-12H,4,13-14H2,1-3H3,(H,21,24). The van der Waals surface area contributed by atoms with E-state index in [4.69, 9.17) is 9.47 Å². The van der Waals surface area contributed by atoms with Gasteiger partial charge in [-0.1, -0.05) is 18.2 Å². The maximum atomic E-state index is 12.3. The van der Waals surface area contributed by atoms with Crippen LogP contribution in [0.15, 0.2) is 48.5 Å². The van der Waals surface area contributed by atoms with Crippen LogP contribution in [0.3, 0.4) is 0 Å². The number of carbonyl (C=O) groups is 2. The Kier molecular flexibility index (Phi) is 7.02. The van der Waals surface area contributed by atoms with Gasteiger partial charge in [0, 0.05) is 26.2 Å². The Morgan fingerprint density at radius 1 is 1.04 bits per heavy atom. The number of nitrogens with one attached hydrogen (secondary N) is 1. The van der Waals surface area contributed by atoms with Crippen molar-refractivity contribution < 1.29 is 19.1 Å². The summed E-state index contributed by atoms with van der Waals surface area (Å²) in [5.41, 5.74) is 1.49. The number of likely N-dealkylation sites (N-methyl/N-ethyl adjacent to an activating group) is 1. The van der Waals surface area contributed by atoms with Gasteiger partial charge >= 0.3 is 0 Å². The van der Waals surface area contributed by atoms with Crippen LogP contribution in [-0.2, 0) is 11.3 Å². The van der Waals surface area contributed by atoms with E-state index in [9.17, 15) is 9.59 Å². The lowest BCUT2D eigenvalue weighted by Gasteiger charge is -2.18. The third kappa shape index (κ3) is 5.51. The Morgan fingerprint density at radius 2 is 1.77 bits per heavy atom. The highest BCUT2D eigenvalue weighted by atomic mass is 16.5. The van der Waals surface area contributed by atoms with Crippen LogP contribution in [0.1, 0.15) is 22.8 Å². The number of rotatable bonds is 8. The predicted molar refractivity (Wildman–Crippen MR) is 99.4 cm³/mol. The molecule has 1 N–H and O–H groups in total. The number of carbonyl (C=O) groups excluding carboxylic acids is 2. The van der Waals surface area contributed by atoms with Crippen LogP contribution >= 0.6 is 0 Å². The van der Waals surface area contributed by atoms with E-state index < -0.39 is 0 Å². The molecule has 0 bridgehead atoms. The summed E-state index contributed by atoms with van der Waals surface area (Å²) < 4.78 is 10.9. The SMILES string of the molecule is CCOc1ccc(CN(C)C(=O)COc2cccc(C(=O)NC)c2)cc1. The number of benzene rings is 2. The fraction of sp³-hybridized carbons (Fsp3) is 0.300. The maximum Gasteiger partial charge on any atom is 0.260 e. The monoisotopic (exact) mass is 356 g/mol. The molecule has 0 radical (unpaired) electrons. The molecule has 0 saturated heterocycles. The first-order valence-electron chi connectivity index (χ1n) is 8.44. The van der Waals surface area contributed by atoms with Crippen LogP contribution in [0.2, 0.25) is 0 Å². The molecule has 2 aromatic rings. The van der Waals surface area contributed by atoms with Gasteiger partial charge in [0.25, 0.3) is 11.8 Å². The molecule has 6 heteroatoms. The molecule has 0 saturated carbocycles. The van der Waals surface area contributed by atoms with Crippen molar-refractivity contribution in [3.05, 3.63) is 59.7 Å². The summed E-state index contributed by atoms with van der Waals surface area (Å²) in [6.45, 7) is 2.94. The minimum atomic E-state index is -0.200. The van der Waals surface area contributed by atoms with E-state index >= 15 is 0 Å². The second kappa shape index (κ2) is 9.46. The van der Waals surface area contributed by atoms with E-state index in [1.807, 2.05) is 31.2 Å². The molecule has 0 aliphatic heterocycles. The lowest BCUT2D eigenvalue weighted by Crippen LogP contribution is -2.31. The van der Waals surface area contributed by atoms with Gasteiger partial charge in [0.15, 0.2) is 6.61 Å². The summed E-state index contributed by atoms with van der Waals surface area (Å²) in [5.74, 6) is 0.942. The van der Waals surface area contributed by atoms with E-state index in [2.05, 4.69) is 5.32 Å². The highest BCUT2D eigenvalue weighted by Crippen LogP contribution is 2.15. The summed E-state index contributed by atoms with van der Waals surface area (Å²) in [6.07, 6.45) is 0. The molecule has 0 unspecified atom stereocenters. The van der Waals surface area contributed by atoms with Gasteiger partial charge in [0.05, 0.1) is 6.61 Å². The quantitative estimate of drug-likeness (QED) is 0.789. The molecule has 0 fully saturated rings. The Morgan fingerprint density at radius 3 is 2.42 bits per heavy atom. The molecule has 2 aromatic carbocycles. The van der Waals surface area contributed by atoms with Crippen molar-refractivity contribution >= 4 is 11.8 Å². The fourth-order valence-corrected chi connectivity index (χ4v) is 2.35. The van der Waals surface area contributed by atoms with E-state index in [1.165, 1.54) is 0 Å². The van der Waals surface area contributed by atoms with Gasteiger partial charge in [-0.2, -0.15) is 0 Å². The van der Waals surface area contributed by atoms with Gasteiger partial charge in [-0.25, -0.2) is 0 Å². The smallest absolute Gasteiger partial charge is 0.260 e. The molecule has 138 valence electrons. The zero-order chi connectivity index (χ0) is 18.9. The summed E-state index contributed by atoms with van der Waals surface area (Å²) in [5, 5.41) is 2.55. The normalized spacial score (nSPS) is 10.1. The Labute approximate surface area is 153 Å². The van der Waals surface area contributed by atoms with Crippen molar-refractivity contribution in [1.82, 2.24) is 10.2 Å². The second-order valence-corrected chi connectivity index (χ2v) is 5.72. The molecule has 0 aromatic heterocycles. The minimum absolute atomic E-state index is 0.0925. The molecular formula is C20H24N2O4. The summed E-state index contributed by atoms with van der Waals surface area (Å²) in [4.78, 5) is 25.5. The van der Waals surface area contributed by atoms with Crippen LogP contribution < -0.4 is 14.8 Å². The zero-order valence-corrected chi connectivity index (χ0v) is 15.3. The summed E-state index contributed by atoms with van der Waals surface area (Å²) in [7, 11) is 3.29. The first kappa shape index (κ1) is 19.3. The van der Waals surface area contributed by atoms with E-state index in [0.29, 0.717) is 24.5 Å². The van der Waals surface area contributed by atoms with Crippen molar-refractivity contribution in [2.75, 3.05) is 27.3 Å². The number of nitrogens with zero attached hydrogens (tertiary/aromatic N) is 1. The minimum Gasteiger partial charge on any atom is -0.494 e. The molecule has 26 heavy (non-hydrogen) atoms. The third-order valence-corrected chi connectivity index (χ3v) is 3.77. The molecule has 0 atom stereocenters. The fourth-order valence-electron chi connectivity index (χ4n) is 2.35. The molecule has 0 heterocycles. The van der Waals surface area contributed by atoms with E-state index in [1.54, 1.807) is 43.3 Å². The molecule has 0 aliphatic rings. The zero-order valence-electron chi connectivity index (χ0n) is 15.3. The van der Waals surface area contributed by atoms with Gasteiger partial charge in [0.2, 0.25) is 0 Å². The Bertz CT molecular complexity index is 744. The highest BCUT2D eigenvalue weighted by Gasteiger charge is 2.11. The van der Waals surface area contributed by atoms with Crippen molar-refractivity contribution in [1.29, 1.82) is 0 Å². The van der Waals surface area contributed by atoms with Gasteiger partial charge in [-0.15, -0.1) is 0 Å². The summed E-state index contributed by atoms with van der Waals surface area (Å²) >= 11 is 0. The highest BCUT2D eigenvalue weighted by molar-refractivity contribution is 5.94. The van der Waals surface area contributed by atoms with Crippen LogP contribution in [0.4, 0.5) is 0 Å². The summed E-state index contributed by atoms with van der Waals surface area (Å²) in [6, 6.07) is 14.4. The molecular weight excluding hydrogens is 332 g/mol. The molecule has 0 aliphatic carbocycles. The second-order valence-electron chi connectivity index (χ2n) is 5.72. The number of amides is 2. The van der Waals surface area contributed by atoms with Gasteiger partial charge < -0.3 is 19.7 Å². The molecule has 6 nitrogen and oxygen atoms in total. The average Bonchev–Trinajstić information content (AvgIpc) is 2.67. The Hall–Kier alpha value is -3.02. The molecule has 2 amide bonds. The number of hydrogen-bond donors (Lipinski definition) is 1. The number of hydrogen-bond acceptors (Lipinski definition) is 4. The largest absolute Gasteiger partial charge is 0.494 e. The van der Waals surface area contributed by atoms with E-state index in [-0.39, 0.29) is 18.4 Å². The van der Waals surface area contributed by atoms with Crippen molar-refractivity contribution in [2.24, 2.45) is 0 Å². The molecule has 2 rings (SSSR count). The van der Waals surface area contributed by atoms with Crippen LogP contribution in [-0.4, -0.2) is 44.0 Å². The lowest BCUT2D eigenvalue weighted by atomic mass is 10.2. The van der Waals surface area contributed by atoms with Gasteiger partial charge in [-0.05, 0) is 42.8 Å². The maximum absolute atomic E-state index is 12.3. The van der Waals surface area contributed by atoms with Crippen LogP contribution in [0.25, 0.3) is 0 Å². The first-order chi connectivity index (χ1) is 12.5. The average molecular weight is 356 g/mol. The van der Waals surface area contributed by atoms with Crippen molar-refractivity contribution in [2.45, 2.75) is 13.5 Å². The number of ether oxygens (including phenoxy) is 2. The van der Waals surface area contributed by atoms with Crippen LogP contribution in [0, 0.1) is 0 Å². The topological polar surface area (TPSA) is 67.9 Å². The van der Waals surface area contributed by atoms with Crippen molar-refractivity contribution in [3.8, 4) is 11.5 Å². The van der Waals surface area contributed by atoms with Crippen molar-refractivity contribution in [3.63, 3.8) is 0 Å².